The highest BCUT2D eigenvalue weighted by Crippen LogP contribution is 2.25. The maximum Gasteiger partial charge on any atom is 0.0981 e. The highest BCUT2D eigenvalue weighted by atomic mass is 32.1. The molecule has 1 heterocycles. The Kier molecular flexibility index (Phi) is 2.85. The number of hydrogen-bond donors (Lipinski definition) is 1. The monoisotopic (exact) mass is 184 g/mol. The van der Waals surface area contributed by atoms with E-state index in [0.29, 0.717) is 6.54 Å². The second-order valence-electron chi connectivity index (χ2n) is 3.93. The molecule has 1 aromatic rings. The number of thiazole rings is 1. The molecule has 0 aliphatic carbocycles. The zero-order valence-corrected chi connectivity index (χ0v) is 8.74. The van der Waals surface area contributed by atoms with E-state index in [0.717, 1.165) is 12.1 Å². The molecule has 0 unspecified atom stereocenters. The average molecular weight is 184 g/mol. The normalized spacial score (nSPS) is 12.0. The lowest BCUT2D eigenvalue weighted by atomic mass is 9.98. The van der Waals surface area contributed by atoms with E-state index < -0.39 is 0 Å². The lowest BCUT2D eigenvalue weighted by molar-refractivity contribution is 0.583. The zero-order valence-electron chi connectivity index (χ0n) is 7.92. The summed E-state index contributed by atoms with van der Waals surface area (Å²) >= 11 is 1.73. The molecular weight excluding hydrogens is 168 g/mol. The smallest absolute Gasteiger partial charge is 0.0981 e. The number of nitrogens with two attached hydrogens (primary N) is 1. The zero-order chi connectivity index (χ0) is 9.19. The molecule has 0 atom stereocenters. The van der Waals surface area contributed by atoms with E-state index in [4.69, 9.17) is 5.73 Å². The van der Waals surface area contributed by atoms with E-state index in [1.807, 2.05) is 0 Å². The summed E-state index contributed by atoms with van der Waals surface area (Å²) in [5, 5.41) is 3.30. The van der Waals surface area contributed by atoms with E-state index in [1.165, 1.54) is 5.01 Å². The van der Waals surface area contributed by atoms with Crippen LogP contribution in [0, 0.1) is 0 Å². The van der Waals surface area contributed by atoms with Gasteiger partial charge in [0.1, 0.15) is 0 Å². The Morgan fingerprint density at radius 3 is 2.58 bits per heavy atom. The van der Waals surface area contributed by atoms with Gasteiger partial charge in [-0.05, 0) is 6.54 Å². The topological polar surface area (TPSA) is 38.9 Å². The summed E-state index contributed by atoms with van der Waals surface area (Å²) in [5.41, 5.74) is 6.75. The van der Waals surface area contributed by atoms with Crippen molar-refractivity contribution in [3.63, 3.8) is 0 Å². The van der Waals surface area contributed by atoms with Crippen molar-refractivity contribution in [1.82, 2.24) is 4.98 Å². The van der Waals surface area contributed by atoms with Crippen LogP contribution < -0.4 is 5.73 Å². The van der Waals surface area contributed by atoms with Crippen LogP contribution >= 0.6 is 11.3 Å². The van der Waals surface area contributed by atoms with Gasteiger partial charge in [0, 0.05) is 17.2 Å². The molecule has 0 aromatic carbocycles. The van der Waals surface area contributed by atoms with Gasteiger partial charge in [0.25, 0.3) is 0 Å². The summed E-state index contributed by atoms with van der Waals surface area (Å²) in [6.45, 7) is 7.22. The van der Waals surface area contributed by atoms with Crippen molar-refractivity contribution in [2.75, 3.05) is 6.54 Å². The number of rotatable bonds is 2. The highest BCUT2D eigenvalue weighted by Gasteiger charge is 2.17. The molecule has 12 heavy (non-hydrogen) atoms. The molecular formula is C9H16N2S. The second-order valence-corrected chi connectivity index (χ2v) is 4.79. The molecule has 0 fully saturated rings. The van der Waals surface area contributed by atoms with Crippen molar-refractivity contribution < 1.29 is 0 Å². The first-order valence-electron chi connectivity index (χ1n) is 4.19. The Morgan fingerprint density at radius 1 is 1.50 bits per heavy atom. The molecule has 0 spiro atoms. The van der Waals surface area contributed by atoms with E-state index in [1.54, 1.807) is 11.3 Å². The summed E-state index contributed by atoms with van der Waals surface area (Å²) in [6, 6.07) is 0. The van der Waals surface area contributed by atoms with Gasteiger partial charge < -0.3 is 5.73 Å². The van der Waals surface area contributed by atoms with Gasteiger partial charge in [-0.2, -0.15) is 0 Å². The van der Waals surface area contributed by atoms with Gasteiger partial charge in [-0.25, -0.2) is 4.98 Å². The van der Waals surface area contributed by atoms with Crippen molar-refractivity contribution in [3.8, 4) is 0 Å². The van der Waals surface area contributed by atoms with Crippen molar-refractivity contribution in [2.45, 2.75) is 32.6 Å². The average Bonchev–Trinajstić information content (AvgIpc) is 2.35. The fourth-order valence-corrected chi connectivity index (χ4v) is 1.86. The largest absolute Gasteiger partial charge is 0.330 e. The second kappa shape index (κ2) is 3.54. The van der Waals surface area contributed by atoms with Gasteiger partial charge >= 0.3 is 0 Å². The number of nitrogens with zero attached hydrogens (tertiary/aromatic N) is 1. The third-order valence-electron chi connectivity index (χ3n) is 1.59. The van der Waals surface area contributed by atoms with Crippen LogP contribution in [0.4, 0.5) is 0 Å². The quantitative estimate of drug-likeness (QED) is 0.763. The molecule has 1 aromatic heterocycles. The predicted octanol–water partition coefficient (Wildman–Crippen LogP) is 1.94. The third-order valence-corrected chi connectivity index (χ3v) is 2.91. The van der Waals surface area contributed by atoms with E-state index in [-0.39, 0.29) is 5.41 Å². The van der Waals surface area contributed by atoms with Gasteiger partial charge in [0.15, 0.2) is 0 Å². The minimum atomic E-state index is 0.178. The van der Waals surface area contributed by atoms with E-state index >= 15 is 0 Å². The van der Waals surface area contributed by atoms with Gasteiger partial charge in [-0.1, -0.05) is 20.8 Å². The first-order valence-corrected chi connectivity index (χ1v) is 5.07. The molecule has 0 bridgehead atoms. The van der Waals surface area contributed by atoms with Crippen LogP contribution in [0.5, 0.6) is 0 Å². The molecule has 0 amide bonds. The standard InChI is InChI=1S/C9H16N2S/c1-9(2,3)8-11-7(4-5-10)6-12-8/h6H,4-5,10H2,1-3H3. The maximum absolute atomic E-state index is 5.44. The molecule has 0 saturated carbocycles. The molecule has 3 heteroatoms. The van der Waals surface area contributed by atoms with Crippen LogP contribution in [0.3, 0.4) is 0 Å². The summed E-state index contributed by atoms with van der Waals surface area (Å²) in [4.78, 5) is 4.51. The molecule has 2 N–H and O–H groups in total. The molecule has 0 saturated heterocycles. The van der Waals surface area contributed by atoms with Gasteiger partial charge in [-0.3, -0.25) is 0 Å². The summed E-state index contributed by atoms with van der Waals surface area (Å²) in [6.07, 6.45) is 0.895. The summed E-state index contributed by atoms with van der Waals surface area (Å²) < 4.78 is 0. The first-order chi connectivity index (χ1) is 5.54. The van der Waals surface area contributed by atoms with Crippen LogP contribution in [0.2, 0.25) is 0 Å². The summed E-state index contributed by atoms with van der Waals surface area (Å²) in [5.74, 6) is 0. The minimum Gasteiger partial charge on any atom is -0.330 e. The van der Waals surface area contributed by atoms with Crippen LogP contribution in [0.15, 0.2) is 5.38 Å². The predicted molar refractivity (Wildman–Crippen MR) is 53.6 cm³/mol. The lowest BCUT2D eigenvalue weighted by Crippen LogP contribution is -2.11. The van der Waals surface area contributed by atoms with Crippen LogP contribution in [0.25, 0.3) is 0 Å². The molecule has 2 nitrogen and oxygen atoms in total. The van der Waals surface area contributed by atoms with Crippen molar-refractivity contribution in [3.05, 3.63) is 16.1 Å². The maximum atomic E-state index is 5.44. The van der Waals surface area contributed by atoms with Gasteiger partial charge in [-0.15, -0.1) is 11.3 Å². The third kappa shape index (κ3) is 2.29. The molecule has 1 rings (SSSR count). The summed E-state index contributed by atoms with van der Waals surface area (Å²) in [7, 11) is 0. The molecule has 0 radical (unpaired) electrons. The number of aromatic nitrogens is 1. The molecule has 0 aliphatic rings. The Balaban J connectivity index is 2.77. The van der Waals surface area contributed by atoms with Crippen LogP contribution in [-0.2, 0) is 11.8 Å². The lowest BCUT2D eigenvalue weighted by Gasteiger charge is -2.13. The Bertz CT molecular complexity index is 247. The van der Waals surface area contributed by atoms with Crippen molar-refractivity contribution in [2.24, 2.45) is 5.73 Å². The van der Waals surface area contributed by atoms with Crippen LogP contribution in [-0.4, -0.2) is 11.5 Å². The first kappa shape index (κ1) is 9.68. The minimum absolute atomic E-state index is 0.178. The molecule has 0 aliphatic heterocycles. The Morgan fingerprint density at radius 2 is 2.17 bits per heavy atom. The van der Waals surface area contributed by atoms with E-state index in [9.17, 15) is 0 Å². The highest BCUT2D eigenvalue weighted by molar-refractivity contribution is 7.09. The fourth-order valence-electron chi connectivity index (χ4n) is 0.914. The van der Waals surface area contributed by atoms with Crippen molar-refractivity contribution >= 4 is 11.3 Å². The Hall–Kier alpha value is -0.410. The van der Waals surface area contributed by atoms with Gasteiger partial charge in [0.2, 0.25) is 0 Å². The van der Waals surface area contributed by atoms with Gasteiger partial charge in [0.05, 0.1) is 10.7 Å². The van der Waals surface area contributed by atoms with Crippen LogP contribution in [0.1, 0.15) is 31.5 Å². The number of hydrogen-bond acceptors (Lipinski definition) is 3. The Labute approximate surface area is 77.8 Å². The SMILES string of the molecule is CC(C)(C)c1nc(CCN)cs1. The van der Waals surface area contributed by atoms with Crippen molar-refractivity contribution in [1.29, 1.82) is 0 Å². The van der Waals surface area contributed by atoms with E-state index in [2.05, 4.69) is 31.1 Å². The fraction of sp³-hybridized carbons (Fsp3) is 0.667. The molecule has 68 valence electrons.